The molecule has 5 heteroatoms. The second kappa shape index (κ2) is 7.69. The van der Waals surface area contributed by atoms with Crippen LogP contribution in [0.5, 0.6) is 0 Å². The van der Waals surface area contributed by atoms with E-state index in [1.807, 2.05) is 0 Å². The molecule has 1 amide bonds. The van der Waals surface area contributed by atoms with Gasteiger partial charge in [0.1, 0.15) is 4.32 Å². The van der Waals surface area contributed by atoms with E-state index in [0.717, 1.165) is 12.8 Å². The smallest absolute Gasteiger partial charge is 0.324 e. The monoisotopic (exact) mass is 307 g/mol. The Morgan fingerprint density at radius 1 is 1.29 bits per heavy atom. The minimum atomic E-state index is -0.710. The van der Waals surface area contributed by atoms with Crippen LogP contribution in [0, 0.1) is 0 Å². The summed E-state index contributed by atoms with van der Waals surface area (Å²) in [5.74, 6) is -0.346. The first-order valence-electron chi connectivity index (χ1n) is 5.96. The maximum absolute atomic E-state index is 11.6. The molecule has 100 valence electrons. The van der Waals surface area contributed by atoms with E-state index in [2.05, 4.69) is 22.9 Å². The molecule has 0 atom stereocenters. The molecule has 0 radical (unpaired) electrons. The van der Waals surface area contributed by atoms with Gasteiger partial charge < -0.3 is 9.64 Å². The van der Waals surface area contributed by atoms with Crippen molar-refractivity contribution < 1.29 is 14.3 Å². The number of nitrogens with zero attached hydrogens (tertiary/aromatic N) is 1. The van der Waals surface area contributed by atoms with Crippen molar-refractivity contribution >= 4 is 27.8 Å². The number of hydrogen-bond acceptors (Lipinski definition) is 3. The van der Waals surface area contributed by atoms with Crippen molar-refractivity contribution in [1.29, 1.82) is 0 Å². The van der Waals surface area contributed by atoms with E-state index in [9.17, 15) is 9.59 Å². The van der Waals surface area contributed by atoms with E-state index < -0.39 is 4.32 Å². The van der Waals surface area contributed by atoms with Crippen molar-refractivity contribution in [3.05, 3.63) is 0 Å². The van der Waals surface area contributed by atoms with E-state index in [-0.39, 0.29) is 18.6 Å². The van der Waals surface area contributed by atoms with Crippen molar-refractivity contribution in [3.8, 4) is 0 Å². The summed E-state index contributed by atoms with van der Waals surface area (Å²) < 4.78 is 4.40. The molecule has 17 heavy (non-hydrogen) atoms. The summed E-state index contributed by atoms with van der Waals surface area (Å²) in [6.45, 7) is 7.97. The van der Waals surface area contributed by atoms with Crippen LogP contribution in [-0.2, 0) is 14.3 Å². The maximum Gasteiger partial charge on any atom is 0.324 e. The minimum absolute atomic E-state index is 0.0126. The Hall–Kier alpha value is -0.580. The van der Waals surface area contributed by atoms with E-state index >= 15 is 0 Å². The average molecular weight is 308 g/mol. The predicted molar refractivity (Wildman–Crippen MR) is 70.9 cm³/mol. The van der Waals surface area contributed by atoms with Gasteiger partial charge in [-0.1, -0.05) is 36.2 Å². The van der Waals surface area contributed by atoms with Crippen molar-refractivity contribution in [2.75, 3.05) is 13.3 Å². The molecule has 0 saturated carbocycles. The molecule has 4 nitrogen and oxygen atoms in total. The fraction of sp³-hybridized carbons (Fsp3) is 0.833. The number of carbonyl (C=O) groups excluding carboxylic acids is 2. The Balaban J connectivity index is 4.25. The van der Waals surface area contributed by atoms with Crippen molar-refractivity contribution in [2.45, 2.75) is 51.3 Å². The van der Waals surface area contributed by atoms with Crippen LogP contribution >= 0.6 is 15.9 Å². The molecule has 0 aromatic carbocycles. The SMILES string of the molecule is CCCCN(COC(=O)C(C)(C)Br)C(=O)CC. The molecule has 0 rings (SSSR count). The van der Waals surface area contributed by atoms with Gasteiger partial charge in [-0.25, -0.2) is 0 Å². The summed E-state index contributed by atoms with van der Waals surface area (Å²) in [5, 5.41) is 0. The molecule has 0 N–H and O–H groups in total. The highest BCUT2D eigenvalue weighted by Gasteiger charge is 2.26. The summed E-state index contributed by atoms with van der Waals surface area (Å²) in [6, 6.07) is 0. The van der Waals surface area contributed by atoms with Gasteiger partial charge in [0, 0.05) is 13.0 Å². The zero-order valence-corrected chi connectivity index (χ0v) is 12.7. The zero-order chi connectivity index (χ0) is 13.5. The number of carbonyl (C=O) groups is 2. The van der Waals surface area contributed by atoms with Crippen LogP contribution in [0.2, 0.25) is 0 Å². The minimum Gasteiger partial charge on any atom is -0.443 e. The van der Waals surface area contributed by atoms with E-state index in [1.165, 1.54) is 0 Å². The number of halogens is 1. The molecule has 0 aromatic rings. The molecular weight excluding hydrogens is 286 g/mol. The van der Waals surface area contributed by atoms with Gasteiger partial charge in [0.25, 0.3) is 0 Å². The molecule has 0 fully saturated rings. The third-order valence-corrected chi connectivity index (χ3v) is 2.60. The second-order valence-electron chi connectivity index (χ2n) is 4.40. The standard InChI is InChI=1S/C12H22BrNO3/c1-5-7-8-14(10(15)6-2)9-17-11(16)12(3,4)13/h5-9H2,1-4H3. The summed E-state index contributed by atoms with van der Waals surface area (Å²) in [4.78, 5) is 24.7. The third kappa shape index (κ3) is 6.66. The van der Waals surface area contributed by atoms with Crippen LogP contribution in [0.4, 0.5) is 0 Å². The lowest BCUT2D eigenvalue weighted by atomic mass is 10.2. The number of rotatable bonds is 7. The quantitative estimate of drug-likeness (QED) is 0.413. The number of amides is 1. The van der Waals surface area contributed by atoms with Crippen LogP contribution in [0.25, 0.3) is 0 Å². The fourth-order valence-corrected chi connectivity index (χ4v) is 1.26. The van der Waals surface area contributed by atoms with Gasteiger partial charge in [-0.05, 0) is 20.3 Å². The van der Waals surface area contributed by atoms with Gasteiger partial charge in [0.2, 0.25) is 5.91 Å². The van der Waals surface area contributed by atoms with Crippen molar-refractivity contribution in [1.82, 2.24) is 4.90 Å². The second-order valence-corrected chi connectivity index (χ2v) is 6.38. The molecule has 0 aliphatic heterocycles. The molecule has 0 heterocycles. The summed E-state index contributed by atoms with van der Waals surface area (Å²) in [5.41, 5.74) is 0. The van der Waals surface area contributed by atoms with Gasteiger partial charge in [-0.2, -0.15) is 0 Å². The topological polar surface area (TPSA) is 46.6 Å². The fourth-order valence-electron chi connectivity index (χ4n) is 1.14. The van der Waals surface area contributed by atoms with E-state index in [4.69, 9.17) is 4.74 Å². The first-order valence-corrected chi connectivity index (χ1v) is 6.76. The largest absolute Gasteiger partial charge is 0.443 e. The highest BCUT2D eigenvalue weighted by atomic mass is 79.9. The first-order chi connectivity index (χ1) is 7.82. The van der Waals surface area contributed by atoms with E-state index in [1.54, 1.807) is 25.7 Å². The van der Waals surface area contributed by atoms with Gasteiger partial charge in [-0.15, -0.1) is 0 Å². The Morgan fingerprint density at radius 3 is 2.29 bits per heavy atom. The Labute approximate surface area is 112 Å². The number of hydrogen-bond donors (Lipinski definition) is 0. The molecule has 0 bridgehead atoms. The van der Waals surface area contributed by atoms with Gasteiger partial charge >= 0.3 is 5.97 Å². The first kappa shape index (κ1) is 16.4. The van der Waals surface area contributed by atoms with Crippen LogP contribution < -0.4 is 0 Å². The lowest BCUT2D eigenvalue weighted by Gasteiger charge is -2.23. The summed E-state index contributed by atoms with van der Waals surface area (Å²) >= 11 is 3.22. The summed E-state index contributed by atoms with van der Waals surface area (Å²) in [7, 11) is 0. The van der Waals surface area contributed by atoms with Gasteiger partial charge in [-0.3, -0.25) is 9.59 Å². The van der Waals surface area contributed by atoms with Crippen LogP contribution in [0.3, 0.4) is 0 Å². The van der Waals surface area contributed by atoms with Crippen LogP contribution in [0.1, 0.15) is 47.0 Å². The molecule has 0 spiro atoms. The maximum atomic E-state index is 11.6. The Morgan fingerprint density at radius 2 is 1.88 bits per heavy atom. The average Bonchev–Trinajstić information content (AvgIpc) is 2.26. The normalized spacial score (nSPS) is 11.1. The molecule has 0 aromatic heterocycles. The van der Waals surface area contributed by atoms with Gasteiger partial charge in [0.05, 0.1) is 0 Å². The number of esters is 1. The Bertz CT molecular complexity index is 261. The number of alkyl halides is 1. The molecular formula is C12H22BrNO3. The Kier molecular flexibility index (Phi) is 7.43. The molecule has 0 unspecified atom stereocenters. The van der Waals surface area contributed by atoms with Crippen molar-refractivity contribution in [3.63, 3.8) is 0 Å². The van der Waals surface area contributed by atoms with Crippen LogP contribution in [-0.4, -0.2) is 34.4 Å². The van der Waals surface area contributed by atoms with Gasteiger partial charge in [0.15, 0.2) is 6.73 Å². The number of ether oxygens (including phenoxy) is 1. The number of unbranched alkanes of at least 4 members (excludes halogenated alkanes) is 1. The zero-order valence-electron chi connectivity index (χ0n) is 11.1. The molecule has 0 aliphatic carbocycles. The predicted octanol–water partition coefficient (Wildman–Crippen LogP) is 2.70. The highest BCUT2D eigenvalue weighted by molar-refractivity contribution is 9.10. The lowest BCUT2D eigenvalue weighted by Crippen LogP contribution is -2.37. The summed E-state index contributed by atoms with van der Waals surface area (Å²) in [6.07, 6.45) is 2.35. The third-order valence-electron chi connectivity index (χ3n) is 2.27. The molecule has 0 aliphatic rings. The molecule has 0 saturated heterocycles. The van der Waals surface area contributed by atoms with Crippen LogP contribution in [0.15, 0.2) is 0 Å². The van der Waals surface area contributed by atoms with E-state index in [0.29, 0.717) is 13.0 Å². The van der Waals surface area contributed by atoms with Crippen molar-refractivity contribution in [2.24, 2.45) is 0 Å². The highest BCUT2D eigenvalue weighted by Crippen LogP contribution is 2.17. The lowest BCUT2D eigenvalue weighted by molar-refractivity contribution is -0.154.